The number of nitro groups is 1. The van der Waals surface area contributed by atoms with Gasteiger partial charge in [-0.3, -0.25) is 19.8 Å². The highest BCUT2D eigenvalue weighted by atomic mass is 35.5. The molecule has 0 aliphatic rings. The minimum atomic E-state index is -0.916. The second kappa shape index (κ2) is 7.97. The lowest BCUT2D eigenvalue weighted by atomic mass is 10.0. The second-order valence-electron chi connectivity index (χ2n) is 5.59. The summed E-state index contributed by atoms with van der Waals surface area (Å²) in [5.41, 5.74) is 0.699. The van der Waals surface area contributed by atoms with Crippen molar-refractivity contribution in [1.29, 1.82) is 0 Å². The fraction of sp³-hybridized carbons (Fsp3) is 0.222. The summed E-state index contributed by atoms with van der Waals surface area (Å²) in [6, 6.07) is 10.0. The predicted molar refractivity (Wildman–Crippen MR) is 97.6 cm³/mol. The zero-order chi connectivity index (χ0) is 19.4. The van der Waals surface area contributed by atoms with Crippen LogP contribution in [0.15, 0.2) is 42.5 Å². The number of aryl methyl sites for hydroxylation is 1. The van der Waals surface area contributed by atoms with E-state index in [1.54, 1.807) is 37.3 Å². The lowest BCUT2D eigenvalue weighted by Gasteiger charge is -2.28. The molecular weight excluding hydrogens is 360 g/mol. The molecule has 7 nitrogen and oxygen atoms in total. The molecule has 0 aliphatic heterocycles. The van der Waals surface area contributed by atoms with E-state index < -0.39 is 22.8 Å². The monoisotopic (exact) mass is 376 g/mol. The van der Waals surface area contributed by atoms with Gasteiger partial charge in [0.2, 0.25) is 0 Å². The summed E-state index contributed by atoms with van der Waals surface area (Å²) in [6.45, 7) is 3.09. The van der Waals surface area contributed by atoms with Gasteiger partial charge in [0.25, 0.3) is 11.6 Å². The molecule has 0 aliphatic carbocycles. The minimum absolute atomic E-state index is 0.0558. The molecule has 26 heavy (non-hydrogen) atoms. The number of ether oxygens (including phenoxy) is 1. The Bertz CT molecular complexity index is 831. The third-order valence-corrected chi connectivity index (χ3v) is 4.18. The lowest BCUT2D eigenvalue weighted by molar-refractivity contribution is -0.384. The third-order valence-electron chi connectivity index (χ3n) is 3.88. The summed E-state index contributed by atoms with van der Waals surface area (Å²) in [4.78, 5) is 36.9. The maximum Gasteiger partial charge on any atom is 0.328 e. The number of halogens is 1. The number of anilines is 1. The Hall–Kier alpha value is -2.93. The molecule has 0 saturated heterocycles. The van der Waals surface area contributed by atoms with E-state index in [9.17, 15) is 19.7 Å². The van der Waals surface area contributed by atoms with Crippen LogP contribution in [0.4, 0.5) is 11.4 Å². The number of carbonyl (C=O) groups excluding carboxylic acids is 2. The normalized spacial score (nSPS) is 11.5. The average molecular weight is 377 g/mol. The molecule has 2 rings (SSSR count). The van der Waals surface area contributed by atoms with Gasteiger partial charge in [0.15, 0.2) is 0 Å². The summed E-state index contributed by atoms with van der Waals surface area (Å²) in [5, 5.41) is 10.9. The van der Waals surface area contributed by atoms with Gasteiger partial charge in [-0.15, -0.1) is 0 Å². The molecule has 0 fully saturated rings. The maximum atomic E-state index is 13.2. The van der Waals surface area contributed by atoms with Crippen LogP contribution >= 0.6 is 11.6 Å². The van der Waals surface area contributed by atoms with Gasteiger partial charge in [-0.2, -0.15) is 0 Å². The third kappa shape index (κ3) is 3.83. The van der Waals surface area contributed by atoms with E-state index in [0.717, 1.165) is 6.07 Å². The number of nitro benzene ring substituents is 1. The van der Waals surface area contributed by atoms with E-state index in [-0.39, 0.29) is 16.3 Å². The second-order valence-corrected chi connectivity index (χ2v) is 5.99. The topological polar surface area (TPSA) is 89.8 Å². The summed E-state index contributed by atoms with van der Waals surface area (Å²) in [5.74, 6) is -1.15. The van der Waals surface area contributed by atoms with Crippen LogP contribution in [0, 0.1) is 17.0 Å². The summed E-state index contributed by atoms with van der Waals surface area (Å²) in [7, 11) is 1.23. The first-order valence-corrected chi connectivity index (χ1v) is 8.06. The van der Waals surface area contributed by atoms with Crippen LogP contribution < -0.4 is 4.90 Å². The molecule has 8 heteroatoms. The lowest BCUT2D eigenvalue weighted by Crippen LogP contribution is -2.44. The smallest absolute Gasteiger partial charge is 0.328 e. The van der Waals surface area contributed by atoms with Gasteiger partial charge in [-0.05, 0) is 31.5 Å². The summed E-state index contributed by atoms with van der Waals surface area (Å²) >= 11 is 6.16. The number of nitrogens with zero attached hydrogens (tertiary/aromatic N) is 2. The number of esters is 1. The van der Waals surface area contributed by atoms with Crippen molar-refractivity contribution < 1.29 is 19.2 Å². The van der Waals surface area contributed by atoms with Gasteiger partial charge in [-0.1, -0.05) is 29.8 Å². The van der Waals surface area contributed by atoms with E-state index in [1.807, 2.05) is 0 Å². The molecule has 0 bridgehead atoms. The van der Waals surface area contributed by atoms with E-state index in [0.29, 0.717) is 11.3 Å². The van der Waals surface area contributed by atoms with E-state index in [2.05, 4.69) is 0 Å². The summed E-state index contributed by atoms with van der Waals surface area (Å²) < 4.78 is 4.76. The van der Waals surface area contributed by atoms with Crippen LogP contribution in [0.2, 0.25) is 5.02 Å². The zero-order valence-corrected chi connectivity index (χ0v) is 15.2. The Morgan fingerprint density at radius 2 is 1.85 bits per heavy atom. The fourth-order valence-electron chi connectivity index (χ4n) is 2.60. The number of benzene rings is 2. The van der Waals surface area contributed by atoms with Crippen LogP contribution in [0.25, 0.3) is 0 Å². The molecular formula is C18H17ClN2O5. The number of carbonyl (C=O) groups is 2. The van der Waals surface area contributed by atoms with E-state index in [1.165, 1.54) is 25.0 Å². The zero-order valence-electron chi connectivity index (χ0n) is 14.4. The number of methoxy groups -OCH3 is 1. The Balaban J connectivity index is 2.58. The first-order chi connectivity index (χ1) is 12.3. The molecule has 0 radical (unpaired) electrons. The van der Waals surface area contributed by atoms with Crippen molar-refractivity contribution in [3.05, 3.63) is 68.7 Å². The minimum Gasteiger partial charge on any atom is -0.467 e. The highest BCUT2D eigenvalue weighted by Crippen LogP contribution is 2.30. The number of para-hydroxylation sites is 1. The van der Waals surface area contributed by atoms with Crippen LogP contribution in [-0.2, 0) is 9.53 Å². The maximum absolute atomic E-state index is 13.2. The first-order valence-electron chi connectivity index (χ1n) is 7.69. The van der Waals surface area contributed by atoms with Gasteiger partial charge in [0.05, 0.1) is 22.6 Å². The summed E-state index contributed by atoms with van der Waals surface area (Å²) in [6.07, 6.45) is 0. The molecule has 0 aromatic heterocycles. The Morgan fingerprint density at radius 3 is 2.35 bits per heavy atom. The number of hydrogen-bond donors (Lipinski definition) is 0. The van der Waals surface area contributed by atoms with E-state index >= 15 is 0 Å². The molecule has 0 heterocycles. The predicted octanol–water partition coefficient (Wildman–Crippen LogP) is 3.76. The number of rotatable bonds is 5. The van der Waals surface area contributed by atoms with Crippen molar-refractivity contribution >= 4 is 34.9 Å². The van der Waals surface area contributed by atoms with Crippen molar-refractivity contribution in [3.8, 4) is 0 Å². The van der Waals surface area contributed by atoms with Crippen molar-refractivity contribution in [2.24, 2.45) is 0 Å². The van der Waals surface area contributed by atoms with Crippen LogP contribution in [0.1, 0.15) is 22.8 Å². The molecule has 136 valence electrons. The molecule has 1 amide bonds. The molecule has 2 aromatic rings. The van der Waals surface area contributed by atoms with Crippen LogP contribution in [0.3, 0.4) is 0 Å². The van der Waals surface area contributed by atoms with Crippen molar-refractivity contribution in [3.63, 3.8) is 0 Å². The highest BCUT2D eigenvalue weighted by molar-refractivity contribution is 6.35. The Labute approximate surface area is 155 Å². The van der Waals surface area contributed by atoms with Crippen molar-refractivity contribution in [2.45, 2.75) is 19.9 Å². The van der Waals surface area contributed by atoms with Crippen molar-refractivity contribution in [2.75, 3.05) is 12.0 Å². The van der Waals surface area contributed by atoms with Crippen molar-refractivity contribution in [1.82, 2.24) is 0 Å². The average Bonchev–Trinajstić information content (AvgIpc) is 2.61. The number of hydrogen-bond acceptors (Lipinski definition) is 5. The standard InChI is InChI=1S/C18H17ClN2O5/c1-11-9-14(21(24)25)10-15(19)16(11)17(22)20(12(2)18(23)26-3)13-7-5-4-6-8-13/h4-10,12H,1-3H3/t12-/m0/s1. The molecule has 0 saturated carbocycles. The van der Waals surface area contributed by atoms with Gasteiger partial charge in [0, 0.05) is 17.8 Å². The van der Waals surface area contributed by atoms with Crippen LogP contribution in [0.5, 0.6) is 0 Å². The molecule has 0 spiro atoms. The fourth-order valence-corrected chi connectivity index (χ4v) is 2.95. The van der Waals surface area contributed by atoms with Crippen LogP contribution in [-0.4, -0.2) is 30.0 Å². The molecule has 0 unspecified atom stereocenters. The SMILES string of the molecule is COC(=O)[C@H](C)N(C(=O)c1c(C)cc([N+](=O)[O-])cc1Cl)c1ccccc1. The molecule has 2 aromatic carbocycles. The highest BCUT2D eigenvalue weighted by Gasteiger charge is 2.31. The Kier molecular flexibility index (Phi) is 5.94. The number of amides is 1. The van der Waals surface area contributed by atoms with Gasteiger partial charge >= 0.3 is 5.97 Å². The number of non-ortho nitro benzene ring substituents is 1. The Morgan fingerprint density at radius 1 is 1.23 bits per heavy atom. The van der Waals surface area contributed by atoms with Gasteiger partial charge < -0.3 is 4.74 Å². The molecule has 0 N–H and O–H groups in total. The van der Waals surface area contributed by atoms with Gasteiger partial charge in [-0.25, -0.2) is 4.79 Å². The largest absolute Gasteiger partial charge is 0.467 e. The molecule has 1 atom stereocenters. The quantitative estimate of drug-likeness (QED) is 0.450. The van der Waals surface area contributed by atoms with E-state index in [4.69, 9.17) is 16.3 Å². The first kappa shape index (κ1) is 19.4. The van der Waals surface area contributed by atoms with Gasteiger partial charge in [0.1, 0.15) is 6.04 Å².